The second-order valence-corrected chi connectivity index (χ2v) is 4.59. The number of carboxylic acid groups (broad SMARTS) is 1. The number of hydrogen-bond donors (Lipinski definition) is 1. The Balaban J connectivity index is 2.42. The molecule has 0 atom stereocenters. The van der Waals surface area contributed by atoms with Crippen LogP contribution in [0.1, 0.15) is 16.1 Å². The van der Waals surface area contributed by atoms with Crippen molar-refractivity contribution in [1.82, 2.24) is 4.98 Å². The average molecular weight is 308 g/mol. The molecule has 1 aromatic heterocycles. The van der Waals surface area contributed by atoms with Gasteiger partial charge in [0.1, 0.15) is 5.75 Å². The highest BCUT2D eigenvalue weighted by Crippen LogP contribution is 2.28. The maximum atomic E-state index is 11.1. The summed E-state index contributed by atoms with van der Waals surface area (Å²) in [5, 5.41) is 9.05. The van der Waals surface area contributed by atoms with E-state index in [0.717, 1.165) is 5.56 Å². The van der Waals surface area contributed by atoms with E-state index in [9.17, 15) is 4.79 Å². The zero-order valence-electron chi connectivity index (χ0n) is 9.55. The molecule has 0 radical (unpaired) electrons. The number of halogens is 1. The first-order valence-electron chi connectivity index (χ1n) is 5.20. The lowest BCUT2D eigenvalue weighted by Gasteiger charge is -2.10. The third-order valence-corrected chi connectivity index (χ3v) is 2.77. The van der Waals surface area contributed by atoms with Crippen molar-refractivity contribution < 1.29 is 14.6 Å². The number of carboxylic acids is 1. The number of hydrogen-bond acceptors (Lipinski definition) is 3. The molecule has 2 aromatic rings. The summed E-state index contributed by atoms with van der Waals surface area (Å²) in [5.74, 6) is -0.294. The number of nitrogens with zero attached hydrogens (tertiary/aromatic N) is 1. The van der Waals surface area contributed by atoms with E-state index < -0.39 is 5.97 Å². The molecule has 5 heteroatoms. The quantitative estimate of drug-likeness (QED) is 0.940. The lowest BCUT2D eigenvalue weighted by Crippen LogP contribution is -2.03. The van der Waals surface area contributed by atoms with Crippen molar-refractivity contribution in [1.29, 1.82) is 0 Å². The second kappa shape index (κ2) is 5.18. The molecule has 0 aliphatic heterocycles. The summed E-state index contributed by atoms with van der Waals surface area (Å²) in [7, 11) is 0. The smallest absolute Gasteiger partial charge is 0.358 e. The molecule has 0 saturated heterocycles. The molecule has 0 unspecified atom stereocenters. The largest absolute Gasteiger partial charge is 0.476 e. The van der Waals surface area contributed by atoms with E-state index in [1.54, 1.807) is 12.1 Å². The van der Waals surface area contributed by atoms with Gasteiger partial charge in [0.25, 0.3) is 0 Å². The zero-order chi connectivity index (χ0) is 13.1. The molecule has 1 N–H and O–H groups in total. The highest BCUT2D eigenvalue weighted by atomic mass is 79.9. The molecule has 2 rings (SSSR count). The summed E-state index contributed by atoms with van der Waals surface area (Å²) in [6.07, 6.45) is 1.42. The molecule has 0 bridgehead atoms. The fourth-order valence-corrected chi connectivity index (χ4v) is 1.76. The number of pyridine rings is 1. The Morgan fingerprint density at radius 1 is 1.33 bits per heavy atom. The van der Waals surface area contributed by atoms with Crippen LogP contribution in [0.4, 0.5) is 0 Å². The van der Waals surface area contributed by atoms with Crippen LogP contribution < -0.4 is 4.74 Å². The fraction of sp³-hybridized carbons (Fsp3) is 0.0769. The van der Waals surface area contributed by atoms with E-state index >= 15 is 0 Å². The van der Waals surface area contributed by atoms with E-state index in [4.69, 9.17) is 9.84 Å². The van der Waals surface area contributed by atoms with Crippen LogP contribution in [0.25, 0.3) is 0 Å². The lowest BCUT2D eigenvalue weighted by atomic mass is 10.2. The van der Waals surface area contributed by atoms with Gasteiger partial charge in [0.15, 0.2) is 11.4 Å². The Morgan fingerprint density at radius 2 is 2.06 bits per heavy atom. The first-order valence-corrected chi connectivity index (χ1v) is 5.99. The van der Waals surface area contributed by atoms with Crippen LogP contribution >= 0.6 is 15.9 Å². The maximum Gasteiger partial charge on any atom is 0.358 e. The molecule has 0 fully saturated rings. The summed E-state index contributed by atoms with van der Waals surface area (Å²) >= 11 is 3.24. The van der Waals surface area contributed by atoms with Crippen LogP contribution in [0.15, 0.2) is 41.0 Å². The van der Waals surface area contributed by atoms with E-state index in [1.165, 1.54) is 6.20 Å². The minimum atomic E-state index is -1.12. The SMILES string of the molecule is Cc1ccccc1Oc1cc(Br)cnc1C(=O)O. The molecule has 92 valence electrons. The monoisotopic (exact) mass is 307 g/mol. The first-order chi connectivity index (χ1) is 8.58. The Labute approximate surface area is 112 Å². The van der Waals surface area contributed by atoms with Gasteiger partial charge in [0, 0.05) is 10.7 Å². The Hall–Kier alpha value is -1.88. The van der Waals surface area contributed by atoms with Gasteiger partial charge in [0.05, 0.1) is 0 Å². The van der Waals surface area contributed by atoms with Crippen molar-refractivity contribution >= 4 is 21.9 Å². The predicted octanol–water partition coefficient (Wildman–Crippen LogP) is 3.64. The molecule has 0 amide bonds. The minimum Gasteiger partial charge on any atom is -0.476 e. The van der Waals surface area contributed by atoms with Crippen molar-refractivity contribution in [3.63, 3.8) is 0 Å². The van der Waals surface area contributed by atoms with E-state index in [1.807, 2.05) is 25.1 Å². The van der Waals surface area contributed by atoms with E-state index in [-0.39, 0.29) is 11.4 Å². The lowest BCUT2D eigenvalue weighted by molar-refractivity contribution is 0.0687. The average Bonchev–Trinajstić information content (AvgIpc) is 2.32. The van der Waals surface area contributed by atoms with Crippen LogP contribution in [0.2, 0.25) is 0 Å². The van der Waals surface area contributed by atoms with Gasteiger partial charge < -0.3 is 9.84 Å². The molecular weight excluding hydrogens is 298 g/mol. The number of para-hydroxylation sites is 1. The summed E-state index contributed by atoms with van der Waals surface area (Å²) in [6.45, 7) is 1.89. The fourth-order valence-electron chi connectivity index (χ4n) is 1.45. The minimum absolute atomic E-state index is 0.110. The van der Waals surface area contributed by atoms with Gasteiger partial charge in [-0.25, -0.2) is 9.78 Å². The Kier molecular flexibility index (Phi) is 3.62. The molecule has 0 aliphatic carbocycles. The van der Waals surface area contributed by atoms with Crippen LogP contribution in [0, 0.1) is 6.92 Å². The maximum absolute atomic E-state index is 11.1. The topological polar surface area (TPSA) is 59.4 Å². The normalized spacial score (nSPS) is 10.1. The van der Waals surface area contributed by atoms with Crippen molar-refractivity contribution in [3.05, 3.63) is 52.3 Å². The molecule has 4 nitrogen and oxygen atoms in total. The summed E-state index contributed by atoms with van der Waals surface area (Å²) in [6, 6.07) is 8.97. The first kappa shape index (κ1) is 12.6. The Morgan fingerprint density at radius 3 is 2.72 bits per heavy atom. The van der Waals surface area contributed by atoms with Crippen molar-refractivity contribution in [2.24, 2.45) is 0 Å². The van der Waals surface area contributed by atoms with E-state index in [0.29, 0.717) is 10.2 Å². The number of carbonyl (C=O) groups is 1. The number of rotatable bonds is 3. The van der Waals surface area contributed by atoms with Gasteiger partial charge >= 0.3 is 5.97 Å². The van der Waals surface area contributed by atoms with Gasteiger partial charge in [0.2, 0.25) is 0 Å². The third kappa shape index (κ3) is 2.68. The summed E-state index contributed by atoms with van der Waals surface area (Å²) in [4.78, 5) is 14.9. The molecule has 0 aliphatic rings. The molecular formula is C13H10BrNO3. The second-order valence-electron chi connectivity index (χ2n) is 3.67. The van der Waals surface area contributed by atoms with Gasteiger partial charge in [-0.1, -0.05) is 18.2 Å². The Bertz CT molecular complexity index is 599. The van der Waals surface area contributed by atoms with Crippen LogP contribution in [-0.4, -0.2) is 16.1 Å². The number of aromatic nitrogens is 1. The van der Waals surface area contributed by atoms with Crippen molar-refractivity contribution in [2.75, 3.05) is 0 Å². The van der Waals surface area contributed by atoms with E-state index in [2.05, 4.69) is 20.9 Å². The number of benzene rings is 1. The van der Waals surface area contributed by atoms with Crippen molar-refractivity contribution in [2.45, 2.75) is 6.92 Å². The van der Waals surface area contributed by atoms with Crippen LogP contribution in [-0.2, 0) is 0 Å². The third-order valence-electron chi connectivity index (χ3n) is 2.34. The van der Waals surface area contributed by atoms with Crippen LogP contribution in [0.3, 0.4) is 0 Å². The zero-order valence-corrected chi connectivity index (χ0v) is 11.1. The number of ether oxygens (including phenoxy) is 1. The molecule has 1 aromatic carbocycles. The summed E-state index contributed by atoms with van der Waals surface area (Å²) < 4.78 is 6.27. The summed E-state index contributed by atoms with van der Waals surface area (Å²) in [5.41, 5.74) is 0.815. The molecule has 18 heavy (non-hydrogen) atoms. The standard InChI is InChI=1S/C13H10BrNO3/c1-8-4-2-3-5-10(8)18-11-6-9(14)7-15-12(11)13(16)17/h2-7H,1H3,(H,16,17). The number of aryl methyl sites for hydroxylation is 1. The van der Waals surface area contributed by atoms with Crippen molar-refractivity contribution in [3.8, 4) is 11.5 Å². The van der Waals surface area contributed by atoms with Gasteiger partial charge in [-0.05, 0) is 40.5 Å². The van der Waals surface area contributed by atoms with Crippen LogP contribution in [0.5, 0.6) is 11.5 Å². The van der Waals surface area contributed by atoms with Gasteiger partial charge in [-0.3, -0.25) is 0 Å². The highest BCUT2D eigenvalue weighted by molar-refractivity contribution is 9.10. The van der Waals surface area contributed by atoms with Gasteiger partial charge in [-0.2, -0.15) is 0 Å². The number of aromatic carboxylic acids is 1. The van der Waals surface area contributed by atoms with Gasteiger partial charge in [-0.15, -0.1) is 0 Å². The highest BCUT2D eigenvalue weighted by Gasteiger charge is 2.15. The molecule has 0 spiro atoms. The molecule has 0 saturated carbocycles. The molecule has 1 heterocycles. The predicted molar refractivity (Wildman–Crippen MR) is 70.1 cm³/mol.